The quantitative estimate of drug-likeness (QED) is 0.758. The third kappa shape index (κ3) is 7.41. The zero-order valence-electron chi connectivity index (χ0n) is 13.5. The first-order valence-corrected chi connectivity index (χ1v) is 8.20. The summed E-state index contributed by atoms with van der Waals surface area (Å²) in [6.07, 6.45) is 4.62. The predicted molar refractivity (Wildman–Crippen MR) is 91.0 cm³/mol. The van der Waals surface area contributed by atoms with Crippen LogP contribution in [-0.4, -0.2) is 61.4 Å². The van der Waals surface area contributed by atoms with E-state index in [4.69, 9.17) is 4.74 Å². The highest BCUT2D eigenvalue weighted by atomic mass is 16.5. The van der Waals surface area contributed by atoms with Crippen molar-refractivity contribution in [3.05, 3.63) is 42.0 Å². The van der Waals surface area contributed by atoms with Gasteiger partial charge < -0.3 is 15.2 Å². The van der Waals surface area contributed by atoms with E-state index in [2.05, 4.69) is 10.2 Å². The van der Waals surface area contributed by atoms with E-state index >= 15 is 0 Å². The van der Waals surface area contributed by atoms with Crippen molar-refractivity contribution in [3.63, 3.8) is 0 Å². The summed E-state index contributed by atoms with van der Waals surface area (Å²) in [4.78, 5) is 13.9. The van der Waals surface area contributed by atoms with Crippen molar-refractivity contribution in [1.82, 2.24) is 10.2 Å². The lowest BCUT2D eigenvalue weighted by molar-refractivity contribution is -0.121. The number of nitrogens with one attached hydrogen (secondary N) is 1. The molecule has 1 amide bonds. The highest BCUT2D eigenvalue weighted by molar-refractivity contribution is 5.76. The Bertz CT molecular complexity index is 484. The number of benzene rings is 1. The van der Waals surface area contributed by atoms with Gasteiger partial charge in [-0.05, 0) is 12.0 Å². The van der Waals surface area contributed by atoms with Crippen LogP contribution in [0, 0.1) is 0 Å². The summed E-state index contributed by atoms with van der Waals surface area (Å²) in [5.74, 6) is -0.0243. The number of rotatable bonds is 8. The molecular formula is C18H26N2O3. The number of aliphatic hydroxyl groups excluding tert-OH is 1. The minimum Gasteiger partial charge on any atom is -0.390 e. The van der Waals surface area contributed by atoms with Crippen LogP contribution >= 0.6 is 0 Å². The molecule has 0 saturated carbocycles. The van der Waals surface area contributed by atoms with Crippen LogP contribution in [0.15, 0.2) is 36.4 Å². The fourth-order valence-corrected chi connectivity index (χ4v) is 2.46. The molecule has 0 spiro atoms. The molecule has 1 aliphatic rings. The number of carbonyl (C=O) groups excluding carboxylic acids is 1. The van der Waals surface area contributed by atoms with Crippen molar-refractivity contribution in [2.24, 2.45) is 0 Å². The number of β-amino-alcohol motifs (C(OH)–C–C–N with tert-alkyl or cyclic N) is 1. The molecule has 1 heterocycles. The number of aliphatic hydroxyl groups is 1. The Kier molecular flexibility index (Phi) is 7.80. The van der Waals surface area contributed by atoms with Gasteiger partial charge >= 0.3 is 0 Å². The summed E-state index contributed by atoms with van der Waals surface area (Å²) in [6, 6.07) is 10.0. The van der Waals surface area contributed by atoms with E-state index in [1.807, 2.05) is 42.5 Å². The molecule has 1 fully saturated rings. The molecule has 5 nitrogen and oxygen atoms in total. The van der Waals surface area contributed by atoms with Gasteiger partial charge in [-0.15, -0.1) is 0 Å². The standard InChI is InChI=1S/C18H26N2O3/c21-17(15-20-10-12-23-13-11-20)14-19-18(22)9-5-4-8-16-6-2-1-3-7-16/h1-4,6-8,17,21H,5,9-15H2,(H,19,22)/b8-4+. The van der Waals surface area contributed by atoms with E-state index in [1.165, 1.54) is 0 Å². The number of carbonyl (C=O) groups is 1. The number of nitrogens with zero attached hydrogens (tertiary/aromatic N) is 1. The number of hydrogen-bond acceptors (Lipinski definition) is 4. The van der Waals surface area contributed by atoms with Crippen LogP contribution in [0.3, 0.4) is 0 Å². The third-order valence-electron chi connectivity index (χ3n) is 3.76. The van der Waals surface area contributed by atoms with Crippen molar-refractivity contribution in [1.29, 1.82) is 0 Å². The van der Waals surface area contributed by atoms with Crippen LogP contribution in [-0.2, 0) is 9.53 Å². The van der Waals surface area contributed by atoms with Gasteiger partial charge in [0.1, 0.15) is 0 Å². The summed E-state index contributed by atoms with van der Waals surface area (Å²) in [6.45, 7) is 4.00. The van der Waals surface area contributed by atoms with Crippen LogP contribution in [0.5, 0.6) is 0 Å². The average Bonchev–Trinajstić information content (AvgIpc) is 2.59. The van der Waals surface area contributed by atoms with Crippen LogP contribution < -0.4 is 5.32 Å². The molecule has 1 atom stereocenters. The SMILES string of the molecule is O=C(CC/C=C/c1ccccc1)NCC(O)CN1CCOCC1. The van der Waals surface area contributed by atoms with Gasteiger partial charge in [0, 0.05) is 32.6 Å². The van der Waals surface area contributed by atoms with Gasteiger partial charge in [-0.25, -0.2) is 0 Å². The molecule has 0 aliphatic carbocycles. The second kappa shape index (κ2) is 10.2. The van der Waals surface area contributed by atoms with Gasteiger partial charge in [0.25, 0.3) is 0 Å². The van der Waals surface area contributed by atoms with Gasteiger partial charge in [0.05, 0.1) is 19.3 Å². The van der Waals surface area contributed by atoms with E-state index in [9.17, 15) is 9.90 Å². The maximum atomic E-state index is 11.8. The minimum absolute atomic E-state index is 0.0243. The Labute approximate surface area is 137 Å². The summed E-state index contributed by atoms with van der Waals surface area (Å²) in [5, 5.41) is 12.7. The molecule has 0 aromatic heterocycles. The Morgan fingerprint density at radius 1 is 1.30 bits per heavy atom. The summed E-state index contributed by atoms with van der Waals surface area (Å²) < 4.78 is 5.27. The molecule has 0 radical (unpaired) electrons. The molecule has 1 aliphatic heterocycles. The van der Waals surface area contributed by atoms with Crippen LogP contribution in [0.4, 0.5) is 0 Å². The van der Waals surface area contributed by atoms with Crippen LogP contribution in [0.25, 0.3) is 6.08 Å². The smallest absolute Gasteiger partial charge is 0.220 e. The molecular weight excluding hydrogens is 292 g/mol. The first-order valence-electron chi connectivity index (χ1n) is 8.20. The zero-order valence-corrected chi connectivity index (χ0v) is 13.5. The number of allylic oxidation sites excluding steroid dienone is 1. The first kappa shape index (κ1) is 17.7. The molecule has 1 aromatic rings. The maximum Gasteiger partial charge on any atom is 0.220 e. The molecule has 2 N–H and O–H groups in total. The van der Waals surface area contributed by atoms with E-state index in [1.54, 1.807) is 0 Å². The summed E-state index contributed by atoms with van der Waals surface area (Å²) >= 11 is 0. The van der Waals surface area contributed by atoms with Crippen molar-refractivity contribution < 1.29 is 14.6 Å². The van der Waals surface area contributed by atoms with E-state index in [-0.39, 0.29) is 5.91 Å². The molecule has 1 unspecified atom stereocenters. The fourth-order valence-electron chi connectivity index (χ4n) is 2.46. The van der Waals surface area contributed by atoms with Crippen molar-refractivity contribution >= 4 is 12.0 Å². The monoisotopic (exact) mass is 318 g/mol. The second-order valence-corrected chi connectivity index (χ2v) is 5.72. The average molecular weight is 318 g/mol. The first-order chi connectivity index (χ1) is 11.2. The lowest BCUT2D eigenvalue weighted by atomic mass is 10.2. The fraction of sp³-hybridized carbons (Fsp3) is 0.500. The largest absolute Gasteiger partial charge is 0.390 e. The lowest BCUT2D eigenvalue weighted by Crippen LogP contribution is -2.44. The Hall–Kier alpha value is -1.69. The van der Waals surface area contributed by atoms with Crippen LogP contribution in [0.1, 0.15) is 18.4 Å². The summed E-state index contributed by atoms with van der Waals surface area (Å²) in [7, 11) is 0. The maximum absolute atomic E-state index is 11.8. The topological polar surface area (TPSA) is 61.8 Å². The summed E-state index contributed by atoms with van der Waals surface area (Å²) in [5.41, 5.74) is 1.13. The number of amides is 1. The van der Waals surface area contributed by atoms with E-state index in [0.717, 1.165) is 18.7 Å². The van der Waals surface area contributed by atoms with E-state index in [0.29, 0.717) is 39.1 Å². The van der Waals surface area contributed by atoms with Crippen LogP contribution in [0.2, 0.25) is 0 Å². The predicted octanol–water partition coefficient (Wildman–Crippen LogP) is 1.29. The molecule has 23 heavy (non-hydrogen) atoms. The Balaban J connectivity index is 1.56. The van der Waals surface area contributed by atoms with Crippen molar-refractivity contribution in [3.8, 4) is 0 Å². The zero-order chi connectivity index (χ0) is 16.3. The minimum atomic E-state index is -0.531. The van der Waals surface area contributed by atoms with Crippen molar-refractivity contribution in [2.75, 3.05) is 39.4 Å². The highest BCUT2D eigenvalue weighted by Gasteiger charge is 2.15. The van der Waals surface area contributed by atoms with Gasteiger partial charge in [0.2, 0.25) is 5.91 Å². The lowest BCUT2D eigenvalue weighted by Gasteiger charge is -2.28. The molecule has 5 heteroatoms. The molecule has 1 saturated heterocycles. The van der Waals surface area contributed by atoms with E-state index < -0.39 is 6.10 Å². The van der Waals surface area contributed by atoms with Gasteiger partial charge in [0.15, 0.2) is 0 Å². The Morgan fingerprint density at radius 3 is 2.78 bits per heavy atom. The van der Waals surface area contributed by atoms with Gasteiger partial charge in [-0.3, -0.25) is 9.69 Å². The van der Waals surface area contributed by atoms with Crippen molar-refractivity contribution in [2.45, 2.75) is 18.9 Å². The number of hydrogen-bond donors (Lipinski definition) is 2. The molecule has 1 aromatic carbocycles. The third-order valence-corrected chi connectivity index (χ3v) is 3.76. The highest BCUT2D eigenvalue weighted by Crippen LogP contribution is 2.03. The van der Waals surface area contributed by atoms with Gasteiger partial charge in [-0.2, -0.15) is 0 Å². The number of ether oxygens (including phenoxy) is 1. The molecule has 0 bridgehead atoms. The molecule has 2 rings (SSSR count). The van der Waals surface area contributed by atoms with Gasteiger partial charge in [-0.1, -0.05) is 42.5 Å². The molecule has 126 valence electrons. The Morgan fingerprint density at radius 2 is 2.04 bits per heavy atom. The normalized spacial score (nSPS) is 17.3. The second-order valence-electron chi connectivity index (χ2n) is 5.72. The number of morpholine rings is 1.